The van der Waals surface area contributed by atoms with Crippen molar-refractivity contribution in [1.29, 1.82) is 0 Å². The quantitative estimate of drug-likeness (QED) is 0.0263. The first kappa shape index (κ1) is 57.6. The summed E-state index contributed by atoms with van der Waals surface area (Å²) >= 11 is 0. The molecule has 0 radical (unpaired) electrons. The molecule has 0 aromatic carbocycles. The topological polar surface area (TPSA) is 78.9 Å². The van der Waals surface area contributed by atoms with Gasteiger partial charge in [0, 0.05) is 19.3 Å². The Balaban J connectivity index is 4.50. The number of rotatable bonds is 44. The number of unbranched alkanes of at least 4 members (excludes halogenated alkanes) is 19. The van der Waals surface area contributed by atoms with Crippen molar-refractivity contribution >= 4 is 17.9 Å². The molecule has 61 heavy (non-hydrogen) atoms. The number of allylic oxidation sites excluding steroid dienone is 14. The first-order valence-electron chi connectivity index (χ1n) is 25.1. The number of esters is 3. The van der Waals surface area contributed by atoms with E-state index in [1.165, 1.54) is 77.0 Å². The van der Waals surface area contributed by atoms with Gasteiger partial charge in [-0.25, -0.2) is 0 Å². The third-order valence-electron chi connectivity index (χ3n) is 10.4. The smallest absolute Gasteiger partial charge is 0.306 e. The molecule has 0 aliphatic carbocycles. The molecule has 6 nitrogen and oxygen atoms in total. The van der Waals surface area contributed by atoms with Crippen molar-refractivity contribution in [2.45, 2.75) is 232 Å². The molecule has 0 heterocycles. The van der Waals surface area contributed by atoms with Gasteiger partial charge in [-0.2, -0.15) is 0 Å². The van der Waals surface area contributed by atoms with Gasteiger partial charge in [-0.3, -0.25) is 14.4 Å². The van der Waals surface area contributed by atoms with Crippen LogP contribution in [0.2, 0.25) is 0 Å². The fourth-order valence-corrected chi connectivity index (χ4v) is 6.62. The second-order valence-corrected chi connectivity index (χ2v) is 16.3. The van der Waals surface area contributed by atoms with Crippen LogP contribution in [0, 0.1) is 0 Å². The summed E-state index contributed by atoms with van der Waals surface area (Å²) in [6, 6.07) is 0. The van der Waals surface area contributed by atoms with Crippen LogP contribution in [0.4, 0.5) is 0 Å². The normalized spacial score (nSPS) is 12.8. The molecule has 348 valence electrons. The highest BCUT2D eigenvalue weighted by Crippen LogP contribution is 2.13. The predicted molar refractivity (Wildman–Crippen MR) is 261 cm³/mol. The highest BCUT2D eigenvalue weighted by atomic mass is 16.6. The largest absolute Gasteiger partial charge is 0.462 e. The summed E-state index contributed by atoms with van der Waals surface area (Å²) in [5.74, 6) is -0.980. The Kier molecular flexibility index (Phi) is 46.5. The van der Waals surface area contributed by atoms with E-state index in [1.807, 2.05) is 0 Å². The van der Waals surface area contributed by atoms with E-state index in [1.54, 1.807) is 0 Å². The molecule has 0 spiro atoms. The Morgan fingerprint density at radius 1 is 0.344 bits per heavy atom. The second-order valence-electron chi connectivity index (χ2n) is 16.3. The standard InChI is InChI=1S/C55H92O6/c1-4-7-10-13-16-19-22-24-26-27-29-31-34-37-40-43-46-49-55(58)61-52(50-59-53(56)47-44-41-38-35-32-21-18-15-12-9-6-3)51-60-54(57)48-45-42-39-36-33-30-28-25-23-20-17-14-11-8-5-2/h8,11,16-17,19-20,24-26,28-29,31,37,40,52H,4-7,9-10,12-15,18,21-23,27,30,32-36,38-39,41-51H2,1-3H3/b11-8-,19-16-,20-17-,26-24-,28-25-,31-29-,40-37-/t52-/m0/s1. The molecule has 0 unspecified atom stereocenters. The van der Waals surface area contributed by atoms with Crippen molar-refractivity contribution in [2.24, 2.45) is 0 Å². The average Bonchev–Trinajstić information content (AvgIpc) is 3.26. The zero-order valence-corrected chi connectivity index (χ0v) is 39.7. The molecule has 0 saturated carbocycles. The Hall–Kier alpha value is -3.41. The van der Waals surface area contributed by atoms with E-state index < -0.39 is 6.10 Å². The van der Waals surface area contributed by atoms with Crippen LogP contribution in [0.15, 0.2) is 85.1 Å². The first-order chi connectivity index (χ1) is 30.0. The summed E-state index contributed by atoms with van der Waals surface area (Å²) in [6.45, 7) is 6.42. The molecule has 0 amide bonds. The minimum atomic E-state index is -0.810. The van der Waals surface area contributed by atoms with E-state index in [9.17, 15) is 14.4 Å². The average molecular weight is 849 g/mol. The lowest BCUT2D eigenvalue weighted by molar-refractivity contribution is -0.167. The number of hydrogen-bond donors (Lipinski definition) is 0. The summed E-state index contributed by atoms with van der Waals surface area (Å²) < 4.78 is 16.7. The van der Waals surface area contributed by atoms with E-state index in [2.05, 4.69) is 106 Å². The Morgan fingerprint density at radius 3 is 1.08 bits per heavy atom. The highest BCUT2D eigenvalue weighted by molar-refractivity contribution is 5.71. The van der Waals surface area contributed by atoms with E-state index in [-0.39, 0.29) is 37.5 Å². The van der Waals surface area contributed by atoms with Crippen LogP contribution < -0.4 is 0 Å². The van der Waals surface area contributed by atoms with Gasteiger partial charge in [-0.1, -0.05) is 202 Å². The fourth-order valence-electron chi connectivity index (χ4n) is 6.62. The Morgan fingerprint density at radius 2 is 0.656 bits per heavy atom. The summed E-state index contributed by atoms with van der Waals surface area (Å²) in [5, 5.41) is 0. The molecular formula is C55H92O6. The third-order valence-corrected chi connectivity index (χ3v) is 10.4. The predicted octanol–water partition coefficient (Wildman–Crippen LogP) is 16.4. The number of carbonyl (C=O) groups excluding carboxylic acids is 3. The molecule has 0 saturated heterocycles. The monoisotopic (exact) mass is 849 g/mol. The molecule has 0 rings (SSSR count). The van der Waals surface area contributed by atoms with E-state index >= 15 is 0 Å². The van der Waals surface area contributed by atoms with Crippen molar-refractivity contribution in [3.8, 4) is 0 Å². The molecule has 0 aromatic rings. The van der Waals surface area contributed by atoms with Gasteiger partial charge in [0.25, 0.3) is 0 Å². The fraction of sp³-hybridized carbons (Fsp3) is 0.691. The molecular weight excluding hydrogens is 757 g/mol. The van der Waals surface area contributed by atoms with Crippen LogP contribution in [-0.2, 0) is 28.6 Å². The maximum atomic E-state index is 12.8. The van der Waals surface area contributed by atoms with Gasteiger partial charge in [0.1, 0.15) is 13.2 Å². The third kappa shape index (κ3) is 47.5. The molecule has 0 aromatic heterocycles. The molecule has 6 heteroatoms. The number of carbonyl (C=O) groups is 3. The van der Waals surface area contributed by atoms with Crippen LogP contribution in [0.3, 0.4) is 0 Å². The van der Waals surface area contributed by atoms with Crippen molar-refractivity contribution < 1.29 is 28.6 Å². The van der Waals surface area contributed by atoms with Crippen LogP contribution in [0.5, 0.6) is 0 Å². The van der Waals surface area contributed by atoms with Crippen LogP contribution in [0.25, 0.3) is 0 Å². The van der Waals surface area contributed by atoms with E-state index in [0.717, 1.165) is 103 Å². The summed E-state index contributed by atoms with van der Waals surface area (Å²) in [7, 11) is 0. The van der Waals surface area contributed by atoms with Crippen molar-refractivity contribution in [3.63, 3.8) is 0 Å². The van der Waals surface area contributed by atoms with E-state index in [4.69, 9.17) is 14.2 Å². The summed E-state index contributed by atoms with van der Waals surface area (Å²) in [6.07, 6.45) is 62.8. The maximum Gasteiger partial charge on any atom is 0.306 e. The second kappa shape index (κ2) is 49.2. The number of ether oxygens (including phenoxy) is 3. The minimum Gasteiger partial charge on any atom is -0.462 e. The van der Waals surface area contributed by atoms with Crippen molar-refractivity contribution in [2.75, 3.05) is 13.2 Å². The van der Waals surface area contributed by atoms with Gasteiger partial charge < -0.3 is 14.2 Å². The van der Waals surface area contributed by atoms with Gasteiger partial charge in [-0.05, 0) is 89.9 Å². The van der Waals surface area contributed by atoms with Gasteiger partial charge in [0.15, 0.2) is 6.10 Å². The van der Waals surface area contributed by atoms with Gasteiger partial charge in [0.05, 0.1) is 0 Å². The molecule has 0 bridgehead atoms. The molecule has 0 aliphatic rings. The van der Waals surface area contributed by atoms with Crippen LogP contribution in [-0.4, -0.2) is 37.2 Å². The SMILES string of the molecule is CC/C=C\C/C=C\C/C=C\CCCCCCCC(=O)OC[C@H](COC(=O)CCCCCCCCCCCCC)OC(=O)CCC/C=C\C/C=C\C/C=C\C/C=C\CCCCC. The van der Waals surface area contributed by atoms with Gasteiger partial charge >= 0.3 is 17.9 Å². The lowest BCUT2D eigenvalue weighted by Crippen LogP contribution is -2.30. The minimum absolute atomic E-state index is 0.103. The zero-order valence-electron chi connectivity index (χ0n) is 39.7. The summed E-state index contributed by atoms with van der Waals surface area (Å²) in [4.78, 5) is 37.9. The maximum absolute atomic E-state index is 12.8. The molecule has 1 atom stereocenters. The first-order valence-corrected chi connectivity index (χ1v) is 25.1. The van der Waals surface area contributed by atoms with Crippen molar-refractivity contribution in [3.05, 3.63) is 85.1 Å². The lowest BCUT2D eigenvalue weighted by atomic mass is 10.1. The highest BCUT2D eigenvalue weighted by Gasteiger charge is 2.19. The Bertz CT molecular complexity index is 1200. The van der Waals surface area contributed by atoms with Gasteiger partial charge in [0.2, 0.25) is 0 Å². The Labute approximate surface area is 375 Å². The summed E-state index contributed by atoms with van der Waals surface area (Å²) in [5.41, 5.74) is 0. The zero-order chi connectivity index (χ0) is 44.4. The molecule has 0 fully saturated rings. The molecule has 0 N–H and O–H groups in total. The van der Waals surface area contributed by atoms with Crippen LogP contribution in [0.1, 0.15) is 226 Å². The van der Waals surface area contributed by atoms with Gasteiger partial charge in [-0.15, -0.1) is 0 Å². The van der Waals surface area contributed by atoms with E-state index in [0.29, 0.717) is 19.3 Å². The molecule has 0 aliphatic heterocycles. The van der Waals surface area contributed by atoms with Crippen LogP contribution >= 0.6 is 0 Å². The number of hydrogen-bond acceptors (Lipinski definition) is 6. The van der Waals surface area contributed by atoms with Crippen molar-refractivity contribution in [1.82, 2.24) is 0 Å². The lowest BCUT2D eigenvalue weighted by Gasteiger charge is -2.18.